The first-order chi connectivity index (χ1) is 8.25. The minimum atomic E-state index is 0.472. The molecule has 3 heteroatoms. The van der Waals surface area contributed by atoms with Gasteiger partial charge in [0.25, 0.3) is 0 Å². The largest absolute Gasteiger partial charge is 0.309 e. The fourth-order valence-corrected chi connectivity index (χ4v) is 3.89. The number of thiophene rings is 1. The molecule has 1 N–H and O–H groups in total. The lowest BCUT2D eigenvalue weighted by Gasteiger charge is -2.19. The molecule has 1 aromatic carbocycles. The topological polar surface area (TPSA) is 12.0 Å². The van der Waals surface area contributed by atoms with E-state index in [0.29, 0.717) is 6.04 Å². The highest BCUT2D eigenvalue weighted by Crippen LogP contribution is 2.39. The van der Waals surface area contributed by atoms with Crippen molar-refractivity contribution in [3.8, 4) is 10.4 Å². The lowest BCUT2D eigenvalue weighted by atomic mass is 10.0. The third-order valence-electron chi connectivity index (χ3n) is 3.22. The second-order valence-corrected chi connectivity index (χ2v) is 5.90. The van der Waals surface area contributed by atoms with Gasteiger partial charge in [-0.1, -0.05) is 29.8 Å². The molecule has 0 fully saturated rings. The van der Waals surface area contributed by atoms with Gasteiger partial charge >= 0.3 is 0 Å². The van der Waals surface area contributed by atoms with Crippen molar-refractivity contribution in [3.05, 3.63) is 45.8 Å². The molecule has 0 bridgehead atoms. The van der Waals surface area contributed by atoms with Crippen molar-refractivity contribution in [1.82, 2.24) is 5.32 Å². The first kappa shape index (κ1) is 11.3. The molecule has 17 heavy (non-hydrogen) atoms. The van der Waals surface area contributed by atoms with Gasteiger partial charge in [0.15, 0.2) is 0 Å². The van der Waals surface area contributed by atoms with Crippen LogP contribution in [0.25, 0.3) is 10.4 Å². The van der Waals surface area contributed by atoms with E-state index in [9.17, 15) is 0 Å². The van der Waals surface area contributed by atoms with Crippen molar-refractivity contribution in [2.24, 2.45) is 0 Å². The molecule has 0 spiro atoms. The minimum Gasteiger partial charge on any atom is -0.309 e. The highest BCUT2D eigenvalue weighted by Gasteiger charge is 2.20. The van der Waals surface area contributed by atoms with Gasteiger partial charge in [0.1, 0.15) is 0 Å². The maximum Gasteiger partial charge on any atom is 0.0492 e. The molecular weight excluding hydrogens is 250 g/mol. The molecule has 1 unspecified atom stereocenters. The van der Waals surface area contributed by atoms with Crippen LogP contribution in [0, 0.1) is 0 Å². The van der Waals surface area contributed by atoms with Crippen LogP contribution in [0.4, 0.5) is 0 Å². The van der Waals surface area contributed by atoms with Crippen molar-refractivity contribution >= 4 is 22.9 Å². The molecule has 2 aromatic rings. The van der Waals surface area contributed by atoms with E-state index in [4.69, 9.17) is 11.6 Å². The lowest BCUT2D eigenvalue weighted by molar-refractivity contribution is 0.551. The molecule has 0 amide bonds. The monoisotopic (exact) mass is 263 g/mol. The maximum atomic E-state index is 6.25. The van der Waals surface area contributed by atoms with Crippen LogP contribution in [-0.2, 0) is 6.42 Å². The van der Waals surface area contributed by atoms with E-state index in [2.05, 4.69) is 24.4 Å². The summed E-state index contributed by atoms with van der Waals surface area (Å²) in [5.41, 5.74) is 2.64. The SMILES string of the molecule is CC1NCCc2cc(-c3ccccc3Cl)sc21. The standard InChI is InChI=1S/C14H14ClNS/c1-9-14-10(6-7-16-9)8-13(17-14)11-4-2-3-5-12(11)15/h2-5,8-9,16H,6-7H2,1H3. The molecule has 1 aliphatic rings. The van der Waals surface area contributed by atoms with Crippen LogP contribution in [0.2, 0.25) is 5.02 Å². The van der Waals surface area contributed by atoms with Gasteiger partial charge in [-0.05, 0) is 37.6 Å². The zero-order valence-electron chi connectivity index (χ0n) is 9.66. The summed E-state index contributed by atoms with van der Waals surface area (Å²) in [5.74, 6) is 0. The molecule has 1 aromatic heterocycles. The summed E-state index contributed by atoms with van der Waals surface area (Å²) < 4.78 is 0. The summed E-state index contributed by atoms with van der Waals surface area (Å²) in [6, 6.07) is 10.8. The first-order valence-corrected chi connectivity index (χ1v) is 7.06. The Labute approximate surface area is 110 Å². The van der Waals surface area contributed by atoms with Crippen molar-refractivity contribution in [1.29, 1.82) is 0 Å². The molecule has 1 aliphatic heterocycles. The van der Waals surface area contributed by atoms with Crippen molar-refractivity contribution in [2.75, 3.05) is 6.54 Å². The van der Waals surface area contributed by atoms with Gasteiger partial charge in [-0.15, -0.1) is 11.3 Å². The van der Waals surface area contributed by atoms with Gasteiger partial charge in [0, 0.05) is 26.4 Å². The van der Waals surface area contributed by atoms with Crippen LogP contribution >= 0.6 is 22.9 Å². The van der Waals surface area contributed by atoms with E-state index >= 15 is 0 Å². The molecule has 0 radical (unpaired) electrons. The maximum absolute atomic E-state index is 6.25. The quantitative estimate of drug-likeness (QED) is 0.810. The van der Waals surface area contributed by atoms with E-state index in [0.717, 1.165) is 23.6 Å². The number of fused-ring (bicyclic) bond motifs is 1. The number of hydrogen-bond acceptors (Lipinski definition) is 2. The smallest absolute Gasteiger partial charge is 0.0492 e. The summed E-state index contributed by atoms with van der Waals surface area (Å²) in [7, 11) is 0. The Balaban J connectivity index is 2.08. The third-order valence-corrected chi connectivity index (χ3v) is 4.94. The molecular formula is C14H14ClNS. The average molecular weight is 264 g/mol. The Morgan fingerprint density at radius 2 is 2.18 bits per heavy atom. The predicted octanol–water partition coefficient (Wildman–Crippen LogP) is 4.28. The lowest BCUT2D eigenvalue weighted by Crippen LogP contribution is -2.26. The third kappa shape index (κ3) is 2.01. The number of benzene rings is 1. The highest BCUT2D eigenvalue weighted by molar-refractivity contribution is 7.15. The number of halogens is 1. The van der Waals surface area contributed by atoms with Crippen molar-refractivity contribution < 1.29 is 0 Å². The molecule has 0 aliphatic carbocycles. The predicted molar refractivity (Wildman–Crippen MR) is 74.9 cm³/mol. The average Bonchev–Trinajstić information content (AvgIpc) is 2.75. The van der Waals surface area contributed by atoms with E-state index in [-0.39, 0.29) is 0 Å². The van der Waals surface area contributed by atoms with Crippen LogP contribution in [0.5, 0.6) is 0 Å². The molecule has 3 rings (SSSR count). The minimum absolute atomic E-state index is 0.472. The summed E-state index contributed by atoms with van der Waals surface area (Å²) in [5, 5.41) is 4.33. The van der Waals surface area contributed by atoms with Gasteiger partial charge in [0.2, 0.25) is 0 Å². The van der Waals surface area contributed by atoms with E-state index in [1.807, 2.05) is 29.5 Å². The zero-order valence-corrected chi connectivity index (χ0v) is 11.2. The Morgan fingerprint density at radius 1 is 1.35 bits per heavy atom. The molecule has 1 nitrogen and oxygen atoms in total. The van der Waals surface area contributed by atoms with Gasteiger partial charge in [-0.25, -0.2) is 0 Å². The van der Waals surface area contributed by atoms with E-state index in [1.165, 1.54) is 15.3 Å². The van der Waals surface area contributed by atoms with Crippen molar-refractivity contribution in [2.45, 2.75) is 19.4 Å². The van der Waals surface area contributed by atoms with Gasteiger partial charge < -0.3 is 5.32 Å². The van der Waals surface area contributed by atoms with Crippen LogP contribution in [0.3, 0.4) is 0 Å². The number of rotatable bonds is 1. The summed E-state index contributed by atoms with van der Waals surface area (Å²) in [6.07, 6.45) is 1.13. The molecule has 0 saturated carbocycles. The Bertz CT molecular complexity index is 547. The Kier molecular flexibility index (Phi) is 2.95. The second-order valence-electron chi connectivity index (χ2n) is 4.41. The van der Waals surface area contributed by atoms with Crippen LogP contribution < -0.4 is 5.32 Å². The second kappa shape index (κ2) is 4.45. The van der Waals surface area contributed by atoms with E-state index in [1.54, 1.807) is 0 Å². The molecule has 0 saturated heterocycles. The van der Waals surface area contributed by atoms with Crippen LogP contribution in [0.1, 0.15) is 23.4 Å². The van der Waals surface area contributed by atoms with Gasteiger partial charge in [-0.2, -0.15) is 0 Å². The van der Waals surface area contributed by atoms with Crippen LogP contribution in [0.15, 0.2) is 30.3 Å². The fraction of sp³-hybridized carbons (Fsp3) is 0.286. The summed E-state index contributed by atoms with van der Waals surface area (Å²) in [4.78, 5) is 2.75. The van der Waals surface area contributed by atoms with E-state index < -0.39 is 0 Å². The highest BCUT2D eigenvalue weighted by atomic mass is 35.5. The molecule has 1 atom stereocenters. The Morgan fingerprint density at radius 3 is 2.94 bits per heavy atom. The van der Waals surface area contributed by atoms with Crippen LogP contribution in [-0.4, -0.2) is 6.54 Å². The van der Waals surface area contributed by atoms with Gasteiger partial charge in [0.05, 0.1) is 0 Å². The summed E-state index contributed by atoms with van der Waals surface area (Å²) in [6.45, 7) is 3.30. The molecule has 2 heterocycles. The van der Waals surface area contributed by atoms with Crippen molar-refractivity contribution in [3.63, 3.8) is 0 Å². The van der Waals surface area contributed by atoms with Gasteiger partial charge in [-0.3, -0.25) is 0 Å². The fourth-order valence-electron chi connectivity index (χ4n) is 2.31. The number of nitrogens with one attached hydrogen (secondary N) is 1. The first-order valence-electron chi connectivity index (χ1n) is 5.86. The summed E-state index contributed by atoms with van der Waals surface area (Å²) >= 11 is 8.11. The normalized spacial score (nSPS) is 19.1. The zero-order chi connectivity index (χ0) is 11.8. The number of hydrogen-bond donors (Lipinski definition) is 1. The Hall–Kier alpha value is -0.830. The molecule has 88 valence electrons.